The Bertz CT molecular complexity index is 481. The van der Waals surface area contributed by atoms with Gasteiger partial charge in [-0.1, -0.05) is 44.0 Å². The highest BCUT2D eigenvalue weighted by atomic mass is 15.5. The third-order valence-electron chi connectivity index (χ3n) is 3.44. The molecule has 0 N–H and O–H groups in total. The molecule has 0 unspecified atom stereocenters. The second-order valence-electron chi connectivity index (χ2n) is 4.99. The largest absolute Gasteiger partial charge is 0.239 e. The van der Waals surface area contributed by atoms with Gasteiger partial charge in [-0.15, -0.1) is 5.10 Å². The number of fused-ring (bicyclic) bond motifs is 1. The number of rotatable bonds is 5. The van der Waals surface area contributed by atoms with E-state index in [-0.39, 0.29) is 5.54 Å². The Morgan fingerprint density at radius 2 is 1.76 bits per heavy atom. The van der Waals surface area contributed by atoms with Crippen LogP contribution in [0.3, 0.4) is 0 Å². The van der Waals surface area contributed by atoms with E-state index in [9.17, 15) is 0 Å². The topological polar surface area (TPSA) is 30.7 Å². The van der Waals surface area contributed by atoms with Crippen LogP contribution < -0.4 is 0 Å². The van der Waals surface area contributed by atoms with Crippen LogP contribution in [0.2, 0.25) is 0 Å². The van der Waals surface area contributed by atoms with Crippen molar-refractivity contribution in [3.05, 3.63) is 24.3 Å². The van der Waals surface area contributed by atoms with Gasteiger partial charge in [-0.2, -0.15) is 0 Å². The summed E-state index contributed by atoms with van der Waals surface area (Å²) in [5, 5.41) is 8.63. The normalized spacial score (nSPS) is 12.2. The van der Waals surface area contributed by atoms with Crippen LogP contribution in [0.5, 0.6) is 0 Å². The fourth-order valence-electron chi connectivity index (χ4n) is 2.68. The summed E-state index contributed by atoms with van der Waals surface area (Å²) >= 11 is 0. The summed E-state index contributed by atoms with van der Waals surface area (Å²) in [6.07, 6.45) is 4.64. The molecule has 1 aromatic heterocycles. The van der Waals surface area contributed by atoms with E-state index in [0.717, 1.165) is 23.9 Å². The Labute approximate surface area is 103 Å². The average Bonchev–Trinajstić information content (AvgIpc) is 2.74. The van der Waals surface area contributed by atoms with Crippen molar-refractivity contribution in [3.8, 4) is 0 Å². The molecule has 1 heterocycles. The van der Waals surface area contributed by atoms with Crippen LogP contribution in [0.15, 0.2) is 24.3 Å². The molecule has 0 aliphatic heterocycles. The highest BCUT2D eigenvalue weighted by Crippen LogP contribution is 2.30. The lowest BCUT2D eigenvalue weighted by Gasteiger charge is -2.29. The summed E-state index contributed by atoms with van der Waals surface area (Å²) in [6.45, 7) is 6.75. The van der Waals surface area contributed by atoms with Crippen LogP contribution in [-0.2, 0) is 5.54 Å². The Kier molecular flexibility index (Phi) is 3.46. The van der Waals surface area contributed by atoms with E-state index in [0.29, 0.717) is 0 Å². The van der Waals surface area contributed by atoms with Crippen LogP contribution in [0.4, 0.5) is 0 Å². The Morgan fingerprint density at radius 1 is 1.12 bits per heavy atom. The molecular formula is C14H21N3. The fraction of sp³-hybridized carbons (Fsp3) is 0.571. The van der Waals surface area contributed by atoms with E-state index in [1.165, 1.54) is 12.8 Å². The van der Waals surface area contributed by atoms with Gasteiger partial charge < -0.3 is 0 Å². The number of benzene rings is 1. The maximum Gasteiger partial charge on any atom is 0.113 e. The van der Waals surface area contributed by atoms with Crippen molar-refractivity contribution in [3.63, 3.8) is 0 Å². The lowest BCUT2D eigenvalue weighted by atomic mass is 9.91. The molecule has 0 fully saturated rings. The zero-order chi connectivity index (χ0) is 12.3. The third kappa shape index (κ3) is 2.19. The standard InChI is InChI=1S/C14H21N3/c1-4-10-14(3,11-5-2)17-13-9-7-6-8-12(13)15-16-17/h6-9H,4-5,10-11H2,1-3H3. The van der Waals surface area contributed by atoms with Gasteiger partial charge in [-0.05, 0) is 31.9 Å². The monoisotopic (exact) mass is 231 g/mol. The molecule has 1 aromatic carbocycles. The van der Waals surface area contributed by atoms with E-state index in [1.807, 2.05) is 12.1 Å². The molecule has 17 heavy (non-hydrogen) atoms. The van der Waals surface area contributed by atoms with Crippen molar-refractivity contribution in [2.24, 2.45) is 0 Å². The Balaban J connectivity index is 2.48. The maximum absolute atomic E-state index is 4.37. The smallest absolute Gasteiger partial charge is 0.113 e. The summed E-state index contributed by atoms with van der Waals surface area (Å²) in [5.74, 6) is 0. The SMILES string of the molecule is CCCC(C)(CCC)n1nnc2ccccc21. The minimum Gasteiger partial charge on any atom is -0.239 e. The minimum absolute atomic E-state index is 0.0968. The lowest BCUT2D eigenvalue weighted by molar-refractivity contribution is 0.242. The van der Waals surface area contributed by atoms with E-state index in [2.05, 4.69) is 47.9 Å². The third-order valence-corrected chi connectivity index (χ3v) is 3.44. The molecule has 2 rings (SSSR count). The molecule has 3 heteroatoms. The first-order chi connectivity index (χ1) is 8.21. The van der Waals surface area contributed by atoms with Crippen molar-refractivity contribution in [1.82, 2.24) is 15.0 Å². The lowest BCUT2D eigenvalue weighted by Crippen LogP contribution is -2.31. The Hall–Kier alpha value is -1.38. The minimum atomic E-state index is 0.0968. The number of nitrogens with zero attached hydrogens (tertiary/aromatic N) is 3. The first-order valence-corrected chi connectivity index (χ1v) is 6.52. The molecule has 0 saturated carbocycles. The van der Waals surface area contributed by atoms with Crippen LogP contribution in [-0.4, -0.2) is 15.0 Å². The van der Waals surface area contributed by atoms with Gasteiger partial charge in [-0.25, -0.2) is 4.68 Å². The highest BCUT2D eigenvalue weighted by Gasteiger charge is 2.27. The molecule has 0 spiro atoms. The molecule has 0 aliphatic carbocycles. The van der Waals surface area contributed by atoms with Gasteiger partial charge >= 0.3 is 0 Å². The van der Waals surface area contributed by atoms with Gasteiger partial charge in [0.15, 0.2) is 0 Å². The molecule has 0 amide bonds. The van der Waals surface area contributed by atoms with Gasteiger partial charge in [0.05, 0.1) is 11.1 Å². The highest BCUT2D eigenvalue weighted by molar-refractivity contribution is 5.74. The average molecular weight is 231 g/mol. The molecule has 3 nitrogen and oxygen atoms in total. The van der Waals surface area contributed by atoms with Crippen molar-refractivity contribution < 1.29 is 0 Å². The quantitative estimate of drug-likeness (QED) is 0.784. The molecular weight excluding hydrogens is 210 g/mol. The van der Waals surface area contributed by atoms with Crippen LogP contribution >= 0.6 is 0 Å². The summed E-state index contributed by atoms with van der Waals surface area (Å²) in [6, 6.07) is 8.20. The van der Waals surface area contributed by atoms with Crippen LogP contribution in [0.25, 0.3) is 11.0 Å². The zero-order valence-corrected chi connectivity index (χ0v) is 11.0. The number of para-hydroxylation sites is 1. The van der Waals surface area contributed by atoms with Crippen molar-refractivity contribution in [2.45, 2.75) is 52.0 Å². The van der Waals surface area contributed by atoms with Crippen molar-refractivity contribution in [2.75, 3.05) is 0 Å². The number of hydrogen-bond acceptors (Lipinski definition) is 2. The molecule has 0 aliphatic rings. The van der Waals surface area contributed by atoms with Crippen molar-refractivity contribution >= 4 is 11.0 Å². The van der Waals surface area contributed by atoms with Gasteiger partial charge in [0.1, 0.15) is 5.52 Å². The number of hydrogen-bond donors (Lipinski definition) is 0. The second kappa shape index (κ2) is 4.86. The maximum atomic E-state index is 4.37. The summed E-state index contributed by atoms with van der Waals surface area (Å²) in [4.78, 5) is 0. The molecule has 0 saturated heterocycles. The molecule has 0 radical (unpaired) electrons. The van der Waals surface area contributed by atoms with E-state index >= 15 is 0 Å². The van der Waals surface area contributed by atoms with Gasteiger partial charge in [0, 0.05) is 0 Å². The molecule has 92 valence electrons. The summed E-state index contributed by atoms with van der Waals surface area (Å²) < 4.78 is 2.12. The van der Waals surface area contributed by atoms with E-state index in [1.54, 1.807) is 0 Å². The van der Waals surface area contributed by atoms with Gasteiger partial charge in [0.25, 0.3) is 0 Å². The predicted molar refractivity (Wildman–Crippen MR) is 71.0 cm³/mol. The Morgan fingerprint density at radius 3 is 2.41 bits per heavy atom. The van der Waals surface area contributed by atoms with E-state index in [4.69, 9.17) is 0 Å². The zero-order valence-electron chi connectivity index (χ0n) is 11.0. The van der Waals surface area contributed by atoms with Gasteiger partial charge in [-0.3, -0.25) is 0 Å². The fourth-order valence-corrected chi connectivity index (χ4v) is 2.68. The first-order valence-electron chi connectivity index (χ1n) is 6.52. The molecule has 0 atom stereocenters. The summed E-state index contributed by atoms with van der Waals surface area (Å²) in [5.41, 5.74) is 2.24. The van der Waals surface area contributed by atoms with Gasteiger partial charge in [0.2, 0.25) is 0 Å². The predicted octanol–water partition coefficient (Wildman–Crippen LogP) is 3.75. The molecule has 0 bridgehead atoms. The number of aromatic nitrogens is 3. The first kappa shape index (κ1) is 12.1. The second-order valence-corrected chi connectivity index (χ2v) is 4.99. The molecule has 2 aromatic rings. The van der Waals surface area contributed by atoms with Crippen LogP contribution in [0, 0.1) is 0 Å². The summed E-state index contributed by atoms with van der Waals surface area (Å²) in [7, 11) is 0. The van der Waals surface area contributed by atoms with Crippen LogP contribution in [0.1, 0.15) is 46.5 Å². The van der Waals surface area contributed by atoms with Crippen molar-refractivity contribution in [1.29, 1.82) is 0 Å². The van der Waals surface area contributed by atoms with E-state index < -0.39 is 0 Å².